The van der Waals surface area contributed by atoms with Crippen molar-refractivity contribution < 1.29 is 13.9 Å². The summed E-state index contributed by atoms with van der Waals surface area (Å²) in [6.07, 6.45) is -0.618. The van der Waals surface area contributed by atoms with Gasteiger partial charge in [0.25, 0.3) is 5.91 Å². The Hall–Kier alpha value is -2.36. The zero-order valence-electron chi connectivity index (χ0n) is 14.5. The molecule has 2 rings (SSSR count). The fraction of sp³-hybridized carbons (Fsp3) is 0.350. The number of hydrogen-bond donors (Lipinski definition) is 1. The summed E-state index contributed by atoms with van der Waals surface area (Å²) in [7, 11) is 0. The molecular formula is C20H24FNO2. The number of nitrogens with one attached hydrogen (secondary N) is 1. The average Bonchev–Trinajstić information content (AvgIpc) is 2.55. The summed E-state index contributed by atoms with van der Waals surface area (Å²) in [5.74, 6) is 0.545. The number of amides is 1. The monoisotopic (exact) mass is 329 g/mol. The predicted molar refractivity (Wildman–Crippen MR) is 93.6 cm³/mol. The maximum atomic E-state index is 13.0. The summed E-state index contributed by atoms with van der Waals surface area (Å²) in [4.78, 5) is 12.4. The quantitative estimate of drug-likeness (QED) is 0.841. The number of carbonyl (C=O) groups excluding carboxylic acids is 1. The maximum absolute atomic E-state index is 13.0. The van der Waals surface area contributed by atoms with Crippen molar-refractivity contribution in [2.24, 2.45) is 0 Å². The lowest BCUT2D eigenvalue weighted by atomic mass is 10.0. The van der Waals surface area contributed by atoms with Crippen molar-refractivity contribution in [3.63, 3.8) is 0 Å². The number of ether oxygens (including phenoxy) is 1. The molecule has 2 atom stereocenters. The largest absolute Gasteiger partial charge is 0.481 e. The van der Waals surface area contributed by atoms with Crippen molar-refractivity contribution in [1.82, 2.24) is 5.32 Å². The highest BCUT2D eigenvalue weighted by atomic mass is 19.1. The molecule has 24 heavy (non-hydrogen) atoms. The number of carbonyl (C=O) groups is 1. The molecule has 0 bridgehead atoms. The zero-order valence-corrected chi connectivity index (χ0v) is 14.5. The van der Waals surface area contributed by atoms with Gasteiger partial charge in [0.15, 0.2) is 6.10 Å². The van der Waals surface area contributed by atoms with Gasteiger partial charge in [-0.3, -0.25) is 4.79 Å². The van der Waals surface area contributed by atoms with Crippen LogP contribution in [0.2, 0.25) is 0 Å². The molecule has 1 N–H and O–H groups in total. The Kier molecular flexibility index (Phi) is 5.96. The highest BCUT2D eigenvalue weighted by molar-refractivity contribution is 5.81. The number of rotatable bonds is 6. The molecule has 0 aliphatic rings. The average molecular weight is 329 g/mol. The fourth-order valence-electron chi connectivity index (χ4n) is 2.47. The third-order valence-corrected chi connectivity index (χ3v) is 3.94. The van der Waals surface area contributed by atoms with E-state index in [1.807, 2.05) is 31.2 Å². The Bertz CT molecular complexity index is 682. The van der Waals surface area contributed by atoms with Gasteiger partial charge in [-0.25, -0.2) is 4.39 Å². The molecule has 0 saturated carbocycles. The highest BCUT2D eigenvalue weighted by Crippen LogP contribution is 2.26. The van der Waals surface area contributed by atoms with Crippen LogP contribution in [0.1, 0.15) is 50.8 Å². The smallest absolute Gasteiger partial charge is 0.261 e. The molecule has 0 aliphatic carbocycles. The molecule has 0 heterocycles. The normalized spacial score (nSPS) is 13.4. The first-order valence-electron chi connectivity index (χ1n) is 8.20. The Balaban J connectivity index is 2.01. The van der Waals surface area contributed by atoms with Gasteiger partial charge >= 0.3 is 0 Å². The summed E-state index contributed by atoms with van der Waals surface area (Å²) < 4.78 is 18.8. The van der Waals surface area contributed by atoms with Gasteiger partial charge in [-0.2, -0.15) is 0 Å². The molecule has 0 aliphatic heterocycles. The minimum Gasteiger partial charge on any atom is -0.481 e. The van der Waals surface area contributed by atoms with Gasteiger partial charge in [0.05, 0.1) is 6.04 Å². The molecule has 0 fully saturated rings. The van der Waals surface area contributed by atoms with E-state index in [9.17, 15) is 9.18 Å². The third kappa shape index (κ3) is 4.57. The molecule has 0 aromatic heterocycles. The topological polar surface area (TPSA) is 38.3 Å². The zero-order chi connectivity index (χ0) is 17.7. The SMILES string of the molecule is CC(C)c1ccccc1O[C@H](C)C(=O)N[C@@H](C)c1ccc(F)cc1. The second-order valence-electron chi connectivity index (χ2n) is 6.23. The van der Waals surface area contributed by atoms with E-state index >= 15 is 0 Å². The minimum atomic E-state index is -0.618. The Morgan fingerprint density at radius 1 is 1.00 bits per heavy atom. The standard InChI is InChI=1S/C20H24FNO2/c1-13(2)18-7-5-6-8-19(18)24-15(4)20(23)22-14(3)16-9-11-17(21)12-10-16/h5-15H,1-4H3,(H,22,23)/t14-,15+/m0/s1. The first kappa shape index (κ1) is 18.0. The fourth-order valence-corrected chi connectivity index (χ4v) is 2.47. The van der Waals surface area contributed by atoms with Crippen molar-refractivity contribution in [2.45, 2.75) is 45.8 Å². The van der Waals surface area contributed by atoms with Gasteiger partial charge in [0.2, 0.25) is 0 Å². The second kappa shape index (κ2) is 7.95. The first-order valence-corrected chi connectivity index (χ1v) is 8.20. The molecule has 0 radical (unpaired) electrons. The van der Waals surface area contributed by atoms with Gasteiger partial charge in [-0.15, -0.1) is 0 Å². The van der Waals surface area contributed by atoms with Gasteiger partial charge in [0, 0.05) is 0 Å². The molecule has 2 aromatic carbocycles. The molecule has 1 amide bonds. The van der Waals surface area contributed by atoms with Gasteiger partial charge in [-0.05, 0) is 49.1 Å². The minimum absolute atomic E-state index is 0.203. The van der Waals surface area contributed by atoms with Crippen molar-refractivity contribution in [2.75, 3.05) is 0 Å². The van der Waals surface area contributed by atoms with E-state index in [1.54, 1.807) is 19.1 Å². The summed E-state index contributed by atoms with van der Waals surface area (Å²) in [5, 5.41) is 2.90. The molecule has 0 saturated heterocycles. The summed E-state index contributed by atoms with van der Waals surface area (Å²) in [6, 6.07) is 13.6. The van der Waals surface area contributed by atoms with E-state index in [0.717, 1.165) is 16.9 Å². The van der Waals surface area contributed by atoms with E-state index < -0.39 is 6.10 Å². The molecule has 2 aromatic rings. The molecule has 3 nitrogen and oxygen atoms in total. The lowest BCUT2D eigenvalue weighted by Crippen LogP contribution is -2.37. The van der Waals surface area contributed by atoms with Crippen molar-refractivity contribution >= 4 is 5.91 Å². The van der Waals surface area contributed by atoms with E-state index in [4.69, 9.17) is 4.74 Å². The lowest BCUT2D eigenvalue weighted by Gasteiger charge is -2.21. The van der Waals surface area contributed by atoms with Crippen LogP contribution >= 0.6 is 0 Å². The van der Waals surface area contributed by atoms with Crippen molar-refractivity contribution in [3.8, 4) is 5.75 Å². The van der Waals surface area contributed by atoms with Crippen LogP contribution in [0.3, 0.4) is 0 Å². The van der Waals surface area contributed by atoms with Crippen LogP contribution in [0.15, 0.2) is 48.5 Å². The van der Waals surface area contributed by atoms with Crippen LogP contribution in [0.5, 0.6) is 5.75 Å². The lowest BCUT2D eigenvalue weighted by molar-refractivity contribution is -0.127. The number of hydrogen-bond acceptors (Lipinski definition) is 2. The van der Waals surface area contributed by atoms with E-state index in [1.165, 1.54) is 12.1 Å². The molecular weight excluding hydrogens is 305 g/mol. The summed E-state index contributed by atoms with van der Waals surface area (Å²) >= 11 is 0. The Labute approximate surface area is 142 Å². The maximum Gasteiger partial charge on any atom is 0.261 e. The second-order valence-corrected chi connectivity index (χ2v) is 6.23. The van der Waals surface area contributed by atoms with Gasteiger partial charge in [0.1, 0.15) is 11.6 Å². The predicted octanol–water partition coefficient (Wildman–Crippen LogP) is 4.59. The van der Waals surface area contributed by atoms with Crippen LogP contribution in [0, 0.1) is 5.82 Å². The molecule has 0 unspecified atom stereocenters. The first-order chi connectivity index (χ1) is 11.4. The van der Waals surface area contributed by atoms with E-state index in [2.05, 4.69) is 19.2 Å². The number of para-hydroxylation sites is 1. The molecule has 0 spiro atoms. The number of benzene rings is 2. The molecule has 128 valence electrons. The van der Waals surface area contributed by atoms with Gasteiger partial charge < -0.3 is 10.1 Å². The Morgan fingerprint density at radius 3 is 2.25 bits per heavy atom. The van der Waals surface area contributed by atoms with Crippen molar-refractivity contribution in [1.29, 1.82) is 0 Å². The van der Waals surface area contributed by atoms with E-state index in [0.29, 0.717) is 5.92 Å². The highest BCUT2D eigenvalue weighted by Gasteiger charge is 2.19. The van der Waals surface area contributed by atoms with Crippen molar-refractivity contribution in [3.05, 3.63) is 65.5 Å². The van der Waals surface area contributed by atoms with Gasteiger partial charge in [-0.1, -0.05) is 44.2 Å². The number of halogens is 1. The third-order valence-electron chi connectivity index (χ3n) is 3.94. The molecule has 4 heteroatoms. The van der Waals surface area contributed by atoms with Crippen LogP contribution < -0.4 is 10.1 Å². The van der Waals surface area contributed by atoms with Crippen LogP contribution in [0.25, 0.3) is 0 Å². The summed E-state index contributed by atoms with van der Waals surface area (Å²) in [5.41, 5.74) is 1.92. The Morgan fingerprint density at radius 2 is 1.62 bits per heavy atom. The van der Waals surface area contributed by atoms with Crippen LogP contribution in [0.4, 0.5) is 4.39 Å². The van der Waals surface area contributed by atoms with Crippen LogP contribution in [-0.2, 0) is 4.79 Å². The van der Waals surface area contributed by atoms with E-state index in [-0.39, 0.29) is 17.8 Å². The summed E-state index contributed by atoms with van der Waals surface area (Å²) in [6.45, 7) is 7.76. The van der Waals surface area contributed by atoms with Crippen LogP contribution in [-0.4, -0.2) is 12.0 Å².